The van der Waals surface area contributed by atoms with Crippen molar-refractivity contribution in [3.63, 3.8) is 0 Å². The molecule has 1 aliphatic heterocycles. The first-order valence-corrected chi connectivity index (χ1v) is 12.7. The summed E-state index contributed by atoms with van der Waals surface area (Å²) in [5.74, 6) is 2.68. The van der Waals surface area contributed by atoms with Gasteiger partial charge in [0.1, 0.15) is 11.6 Å². The normalized spacial score (nSPS) is 13.2. The summed E-state index contributed by atoms with van der Waals surface area (Å²) in [6.45, 7) is 3.89. The third kappa shape index (κ3) is 5.35. The summed E-state index contributed by atoms with van der Waals surface area (Å²) >= 11 is 6.42. The predicted molar refractivity (Wildman–Crippen MR) is 142 cm³/mol. The van der Waals surface area contributed by atoms with Crippen LogP contribution in [0.5, 0.6) is 17.2 Å². The number of nitrogens with one attached hydrogen (secondary N) is 1. The largest absolute Gasteiger partial charge is 0.508 e. The number of fused-ring (bicyclic) bond motifs is 1. The Labute approximate surface area is 216 Å². The SMILES string of the molecule is CCCCn1c(C(Cc2ccc3c(c2)OCO3)NCc2ccc(O)cc2Cl)cnc1-c1ccccc1. The Morgan fingerprint density at radius 1 is 1.06 bits per heavy atom. The number of nitrogens with zero attached hydrogens (tertiary/aromatic N) is 2. The molecule has 36 heavy (non-hydrogen) atoms. The van der Waals surface area contributed by atoms with Crippen LogP contribution in [0.4, 0.5) is 0 Å². The van der Waals surface area contributed by atoms with Crippen molar-refractivity contribution < 1.29 is 14.6 Å². The standard InChI is InChI=1S/C29H30ClN3O3/c1-2-3-13-33-26(18-32-29(33)21-7-5-4-6-8-21)25(31-17-22-10-11-23(34)16-24(22)30)14-20-9-12-27-28(15-20)36-19-35-27/h4-12,15-16,18,25,31,34H,2-3,13-14,17,19H2,1H3. The maximum Gasteiger partial charge on any atom is 0.231 e. The quantitative estimate of drug-likeness (QED) is 0.258. The Morgan fingerprint density at radius 2 is 1.89 bits per heavy atom. The van der Waals surface area contributed by atoms with Crippen LogP contribution >= 0.6 is 11.6 Å². The van der Waals surface area contributed by atoms with Gasteiger partial charge in [-0.1, -0.05) is 67.4 Å². The molecule has 2 N–H and O–H groups in total. The molecule has 1 aromatic heterocycles. The van der Waals surface area contributed by atoms with E-state index in [1.807, 2.05) is 36.5 Å². The Bertz CT molecular complexity index is 1320. The fourth-order valence-corrected chi connectivity index (χ4v) is 4.78. The minimum atomic E-state index is -0.0305. The molecule has 4 aromatic rings. The molecule has 6 nitrogen and oxygen atoms in total. The molecule has 0 radical (unpaired) electrons. The van der Waals surface area contributed by atoms with Crippen molar-refractivity contribution >= 4 is 11.6 Å². The molecule has 0 bridgehead atoms. The van der Waals surface area contributed by atoms with Gasteiger partial charge in [0.05, 0.1) is 17.9 Å². The summed E-state index contributed by atoms with van der Waals surface area (Å²) in [7, 11) is 0. The second-order valence-corrected chi connectivity index (χ2v) is 9.39. The molecule has 3 aromatic carbocycles. The van der Waals surface area contributed by atoms with Gasteiger partial charge in [-0.3, -0.25) is 0 Å². The van der Waals surface area contributed by atoms with Gasteiger partial charge in [0.2, 0.25) is 6.79 Å². The minimum Gasteiger partial charge on any atom is -0.508 e. The van der Waals surface area contributed by atoms with E-state index in [0.717, 1.165) is 65.5 Å². The molecule has 7 heteroatoms. The maximum atomic E-state index is 9.76. The summed E-state index contributed by atoms with van der Waals surface area (Å²) in [6.07, 6.45) is 4.87. The van der Waals surface area contributed by atoms with Crippen molar-refractivity contribution in [2.24, 2.45) is 0 Å². The first-order chi connectivity index (χ1) is 17.6. The van der Waals surface area contributed by atoms with Crippen molar-refractivity contribution in [1.29, 1.82) is 0 Å². The number of hydrogen-bond acceptors (Lipinski definition) is 5. The fraction of sp³-hybridized carbons (Fsp3) is 0.276. The zero-order chi connectivity index (χ0) is 24.9. The van der Waals surface area contributed by atoms with E-state index in [4.69, 9.17) is 26.1 Å². The van der Waals surface area contributed by atoms with Gasteiger partial charge >= 0.3 is 0 Å². The Morgan fingerprint density at radius 3 is 2.69 bits per heavy atom. The van der Waals surface area contributed by atoms with Crippen LogP contribution in [-0.4, -0.2) is 21.5 Å². The highest BCUT2D eigenvalue weighted by molar-refractivity contribution is 6.31. The lowest BCUT2D eigenvalue weighted by Crippen LogP contribution is -2.26. The monoisotopic (exact) mass is 503 g/mol. The minimum absolute atomic E-state index is 0.0305. The molecule has 186 valence electrons. The lowest BCUT2D eigenvalue weighted by molar-refractivity contribution is 0.174. The van der Waals surface area contributed by atoms with Gasteiger partial charge < -0.3 is 24.5 Å². The Kier molecular flexibility index (Phi) is 7.44. The molecule has 1 atom stereocenters. The van der Waals surface area contributed by atoms with Gasteiger partial charge in [-0.2, -0.15) is 0 Å². The van der Waals surface area contributed by atoms with E-state index in [-0.39, 0.29) is 18.6 Å². The van der Waals surface area contributed by atoms with Crippen molar-refractivity contribution in [2.75, 3.05) is 6.79 Å². The summed E-state index contributed by atoms with van der Waals surface area (Å²) in [5.41, 5.74) is 4.28. The zero-order valence-corrected chi connectivity index (χ0v) is 21.0. The van der Waals surface area contributed by atoms with Crippen LogP contribution in [0.15, 0.2) is 72.9 Å². The van der Waals surface area contributed by atoms with Gasteiger partial charge in [-0.15, -0.1) is 0 Å². The van der Waals surface area contributed by atoms with E-state index >= 15 is 0 Å². The van der Waals surface area contributed by atoms with Gasteiger partial charge in [-0.25, -0.2) is 4.98 Å². The number of unbranched alkanes of at least 4 members (excludes halogenated alkanes) is 1. The van der Waals surface area contributed by atoms with Crippen LogP contribution in [0.25, 0.3) is 11.4 Å². The number of aromatic nitrogens is 2. The molecular weight excluding hydrogens is 474 g/mol. The van der Waals surface area contributed by atoms with Crippen LogP contribution in [0.3, 0.4) is 0 Å². The number of phenols is 1. The van der Waals surface area contributed by atoms with Gasteiger partial charge in [-0.05, 0) is 48.2 Å². The average Bonchev–Trinajstić information content (AvgIpc) is 3.53. The highest BCUT2D eigenvalue weighted by Crippen LogP contribution is 2.34. The van der Waals surface area contributed by atoms with Crippen molar-refractivity contribution in [1.82, 2.24) is 14.9 Å². The molecular formula is C29H30ClN3O3. The van der Waals surface area contributed by atoms with Crippen molar-refractivity contribution in [3.05, 3.63) is 94.8 Å². The molecule has 0 amide bonds. The van der Waals surface area contributed by atoms with E-state index in [9.17, 15) is 5.11 Å². The molecule has 0 spiro atoms. The summed E-state index contributed by atoms with van der Waals surface area (Å²) in [6, 6.07) is 21.5. The summed E-state index contributed by atoms with van der Waals surface area (Å²) in [5, 5.41) is 14.0. The summed E-state index contributed by atoms with van der Waals surface area (Å²) < 4.78 is 13.5. The van der Waals surface area contributed by atoms with Crippen LogP contribution in [0.2, 0.25) is 5.02 Å². The predicted octanol–water partition coefficient (Wildman–Crippen LogP) is 6.51. The Hall–Kier alpha value is -3.48. The number of phenolic OH excluding ortho intramolecular Hbond substituents is 1. The Balaban J connectivity index is 1.50. The smallest absolute Gasteiger partial charge is 0.231 e. The van der Waals surface area contributed by atoms with Crippen LogP contribution in [0.1, 0.15) is 42.6 Å². The van der Waals surface area contributed by atoms with E-state index in [0.29, 0.717) is 11.6 Å². The van der Waals surface area contributed by atoms with Crippen molar-refractivity contribution in [3.8, 4) is 28.6 Å². The molecule has 0 fully saturated rings. The van der Waals surface area contributed by atoms with Crippen molar-refractivity contribution in [2.45, 2.75) is 45.3 Å². The van der Waals surface area contributed by atoms with Crippen LogP contribution in [-0.2, 0) is 19.5 Å². The summed E-state index contributed by atoms with van der Waals surface area (Å²) in [4.78, 5) is 4.86. The maximum absolute atomic E-state index is 9.76. The van der Waals surface area contributed by atoms with Crippen LogP contribution in [0, 0.1) is 0 Å². The lowest BCUT2D eigenvalue weighted by Gasteiger charge is -2.22. The molecule has 1 unspecified atom stereocenters. The molecule has 0 saturated carbocycles. The molecule has 2 heterocycles. The molecule has 5 rings (SSSR count). The fourth-order valence-electron chi connectivity index (χ4n) is 4.53. The van der Waals surface area contributed by atoms with Gasteiger partial charge in [0.15, 0.2) is 11.5 Å². The molecule has 0 saturated heterocycles. The third-order valence-electron chi connectivity index (χ3n) is 6.46. The van der Waals surface area contributed by atoms with E-state index in [1.54, 1.807) is 12.1 Å². The number of rotatable bonds is 10. The van der Waals surface area contributed by atoms with Gasteiger partial charge in [0, 0.05) is 23.7 Å². The first kappa shape index (κ1) is 24.2. The first-order valence-electron chi connectivity index (χ1n) is 12.3. The van der Waals surface area contributed by atoms with E-state index in [1.165, 1.54) is 0 Å². The number of benzene rings is 3. The van der Waals surface area contributed by atoms with Crippen LogP contribution < -0.4 is 14.8 Å². The second-order valence-electron chi connectivity index (χ2n) is 8.98. The second kappa shape index (κ2) is 11.1. The van der Waals surface area contributed by atoms with Gasteiger partial charge in [0.25, 0.3) is 0 Å². The number of halogens is 1. The number of ether oxygens (including phenoxy) is 2. The van der Waals surface area contributed by atoms with E-state index in [2.05, 4.69) is 41.1 Å². The third-order valence-corrected chi connectivity index (χ3v) is 6.81. The topological polar surface area (TPSA) is 68.5 Å². The highest BCUT2D eigenvalue weighted by atomic mass is 35.5. The average molecular weight is 504 g/mol. The highest BCUT2D eigenvalue weighted by Gasteiger charge is 2.22. The number of hydrogen-bond donors (Lipinski definition) is 2. The molecule has 1 aliphatic rings. The number of imidazole rings is 1. The molecule has 0 aliphatic carbocycles. The zero-order valence-electron chi connectivity index (χ0n) is 20.3. The number of aromatic hydroxyl groups is 1. The lowest BCUT2D eigenvalue weighted by atomic mass is 10.0. The van der Waals surface area contributed by atoms with E-state index < -0.39 is 0 Å².